The summed E-state index contributed by atoms with van der Waals surface area (Å²) < 4.78 is 10.5. The van der Waals surface area contributed by atoms with Gasteiger partial charge < -0.3 is 34.1 Å². The van der Waals surface area contributed by atoms with E-state index < -0.39 is 18.1 Å². The minimum atomic E-state index is -0.705. The van der Waals surface area contributed by atoms with E-state index in [0.717, 1.165) is 31.6 Å². The SMILES string of the molecule is COc1cc(C(C(=O)N2C[C@H](O)C[C@H]2c2nc(C(=O)N(C)C3CCN(c4ccncc4)CC3)c[nH]2)C(C)C)on1. The standard InChI is InChI=1S/C28H37N7O5/c1-17(2)25(23-14-24(39-4)32-40-23)28(38)35-16-20(36)13-22(35)26-30-15-21(31-26)27(37)33(3)18-7-11-34(12-8-18)19-5-9-29-10-6-19/h5-6,9-10,14-15,17-18,20,22,25,36H,7-8,11-13,16H2,1-4H3,(H,30,31)/t20-,22+,25?/m1/s1. The zero-order valence-electron chi connectivity index (χ0n) is 23.4. The molecule has 214 valence electrons. The molecular weight excluding hydrogens is 514 g/mol. The number of β-amino-alcohol motifs (C(OH)–C–C–N with tert-alkyl or cyclic N) is 1. The van der Waals surface area contributed by atoms with Gasteiger partial charge in [-0.15, -0.1) is 0 Å². The maximum Gasteiger partial charge on any atom is 0.274 e. The van der Waals surface area contributed by atoms with Crippen LogP contribution in [0.2, 0.25) is 0 Å². The summed E-state index contributed by atoms with van der Waals surface area (Å²) in [5.74, 6) is 0.122. The third-order valence-electron chi connectivity index (χ3n) is 8.01. The summed E-state index contributed by atoms with van der Waals surface area (Å²) in [6.45, 7) is 5.73. The summed E-state index contributed by atoms with van der Waals surface area (Å²) >= 11 is 0. The number of rotatable bonds is 8. The molecule has 2 saturated heterocycles. The van der Waals surface area contributed by atoms with Gasteiger partial charge in [-0.1, -0.05) is 13.8 Å². The Kier molecular flexibility index (Phi) is 8.06. The second-order valence-corrected chi connectivity index (χ2v) is 10.9. The number of aliphatic hydroxyl groups is 1. The van der Waals surface area contributed by atoms with E-state index in [0.29, 0.717) is 29.6 Å². The highest BCUT2D eigenvalue weighted by atomic mass is 16.5. The van der Waals surface area contributed by atoms with Crippen LogP contribution >= 0.6 is 0 Å². The molecule has 3 atom stereocenters. The Bertz CT molecular complexity index is 1300. The van der Waals surface area contributed by atoms with Gasteiger partial charge in [-0.05, 0) is 36.0 Å². The number of hydrogen-bond donors (Lipinski definition) is 2. The molecule has 0 aliphatic carbocycles. The summed E-state index contributed by atoms with van der Waals surface area (Å²) in [5.41, 5.74) is 1.43. The molecule has 0 bridgehead atoms. The first-order chi connectivity index (χ1) is 19.3. The van der Waals surface area contributed by atoms with Crippen molar-refractivity contribution in [1.82, 2.24) is 29.9 Å². The molecule has 12 nitrogen and oxygen atoms in total. The number of aromatic amines is 1. The molecule has 2 amide bonds. The van der Waals surface area contributed by atoms with Gasteiger partial charge in [0, 0.05) is 69.5 Å². The first-order valence-electron chi connectivity index (χ1n) is 13.7. The highest BCUT2D eigenvalue weighted by Gasteiger charge is 2.42. The number of methoxy groups -OCH3 is 1. The number of H-pyrrole nitrogens is 1. The molecule has 0 spiro atoms. The first-order valence-corrected chi connectivity index (χ1v) is 13.7. The molecule has 2 N–H and O–H groups in total. The van der Waals surface area contributed by atoms with Gasteiger partial charge in [0.05, 0.1) is 19.3 Å². The number of aromatic nitrogens is 4. The number of amides is 2. The lowest BCUT2D eigenvalue weighted by Gasteiger charge is -2.37. The van der Waals surface area contributed by atoms with E-state index in [9.17, 15) is 14.7 Å². The maximum absolute atomic E-state index is 13.8. The highest BCUT2D eigenvalue weighted by Crippen LogP contribution is 2.37. The van der Waals surface area contributed by atoms with Crippen molar-refractivity contribution in [2.75, 3.05) is 38.7 Å². The smallest absolute Gasteiger partial charge is 0.274 e. The van der Waals surface area contributed by atoms with E-state index in [1.54, 1.807) is 34.5 Å². The predicted octanol–water partition coefficient (Wildman–Crippen LogP) is 2.62. The lowest BCUT2D eigenvalue weighted by Crippen LogP contribution is -2.45. The number of likely N-dealkylation sites (tertiary alicyclic amines) is 1. The molecule has 1 unspecified atom stereocenters. The second-order valence-electron chi connectivity index (χ2n) is 10.9. The van der Waals surface area contributed by atoms with Gasteiger partial charge in [0.15, 0.2) is 5.76 Å². The minimum Gasteiger partial charge on any atom is -0.479 e. The molecule has 3 aromatic heterocycles. The highest BCUT2D eigenvalue weighted by molar-refractivity contribution is 5.92. The van der Waals surface area contributed by atoms with E-state index in [4.69, 9.17) is 9.26 Å². The summed E-state index contributed by atoms with van der Waals surface area (Å²) in [5, 5.41) is 14.4. The van der Waals surface area contributed by atoms with Crippen LogP contribution in [0.1, 0.15) is 67.1 Å². The monoisotopic (exact) mass is 551 g/mol. The van der Waals surface area contributed by atoms with Gasteiger partial charge in [-0.25, -0.2) is 4.98 Å². The number of hydrogen-bond acceptors (Lipinski definition) is 9. The van der Waals surface area contributed by atoms with E-state index in [1.807, 2.05) is 33.0 Å². The van der Waals surface area contributed by atoms with Crippen molar-refractivity contribution in [3.8, 4) is 5.88 Å². The number of carbonyl (C=O) groups excluding carboxylic acids is 2. The molecule has 40 heavy (non-hydrogen) atoms. The van der Waals surface area contributed by atoms with Crippen molar-refractivity contribution in [2.45, 2.75) is 57.2 Å². The number of pyridine rings is 1. The Morgan fingerprint density at radius 3 is 2.60 bits per heavy atom. The third-order valence-corrected chi connectivity index (χ3v) is 8.01. The number of piperidine rings is 1. The van der Waals surface area contributed by atoms with Gasteiger partial charge >= 0.3 is 0 Å². The van der Waals surface area contributed by atoms with Crippen LogP contribution in [0.5, 0.6) is 5.88 Å². The number of aliphatic hydroxyl groups excluding tert-OH is 1. The van der Waals surface area contributed by atoms with Crippen molar-refractivity contribution in [2.24, 2.45) is 5.92 Å². The van der Waals surface area contributed by atoms with Gasteiger partial charge in [-0.2, -0.15) is 0 Å². The summed E-state index contributed by atoms with van der Waals surface area (Å²) in [6.07, 6.45) is 6.49. The second kappa shape index (κ2) is 11.7. The number of carbonyl (C=O) groups is 2. The quantitative estimate of drug-likeness (QED) is 0.432. The topological polar surface area (TPSA) is 141 Å². The van der Waals surface area contributed by atoms with Crippen LogP contribution in [0.4, 0.5) is 5.69 Å². The largest absolute Gasteiger partial charge is 0.479 e. The van der Waals surface area contributed by atoms with Gasteiger partial charge in [-0.3, -0.25) is 14.6 Å². The summed E-state index contributed by atoms with van der Waals surface area (Å²) in [6, 6.07) is 5.22. The zero-order valence-corrected chi connectivity index (χ0v) is 23.4. The van der Waals surface area contributed by atoms with Crippen LogP contribution in [0.15, 0.2) is 41.3 Å². The first kappa shape index (κ1) is 27.6. The van der Waals surface area contributed by atoms with Crippen LogP contribution in [0.25, 0.3) is 0 Å². The van der Waals surface area contributed by atoms with Gasteiger partial charge in [0.2, 0.25) is 5.91 Å². The summed E-state index contributed by atoms with van der Waals surface area (Å²) in [7, 11) is 3.30. The normalized spacial score (nSPS) is 20.6. The average molecular weight is 552 g/mol. The van der Waals surface area contributed by atoms with Crippen molar-refractivity contribution in [1.29, 1.82) is 0 Å². The Balaban J connectivity index is 1.27. The number of ether oxygens (including phenoxy) is 1. The van der Waals surface area contributed by atoms with E-state index in [1.165, 1.54) is 7.11 Å². The van der Waals surface area contributed by atoms with Crippen molar-refractivity contribution >= 4 is 17.5 Å². The minimum absolute atomic E-state index is 0.0871. The van der Waals surface area contributed by atoms with Crippen LogP contribution in [-0.4, -0.2) is 92.8 Å². The molecule has 2 aliphatic heterocycles. The average Bonchev–Trinajstić information content (AvgIpc) is 3.72. The fourth-order valence-corrected chi connectivity index (χ4v) is 5.78. The molecule has 3 aromatic rings. The molecular formula is C28H37N7O5. The van der Waals surface area contributed by atoms with Crippen LogP contribution < -0.4 is 9.64 Å². The van der Waals surface area contributed by atoms with Crippen LogP contribution in [-0.2, 0) is 4.79 Å². The van der Waals surface area contributed by atoms with E-state index in [2.05, 4.69) is 25.0 Å². The maximum atomic E-state index is 13.8. The van der Waals surface area contributed by atoms with Crippen molar-refractivity contribution < 1.29 is 24.0 Å². The molecule has 5 heterocycles. The Labute approximate surface area is 233 Å². The Morgan fingerprint density at radius 1 is 1.23 bits per heavy atom. The molecule has 0 radical (unpaired) electrons. The molecule has 12 heteroatoms. The predicted molar refractivity (Wildman–Crippen MR) is 146 cm³/mol. The fourth-order valence-electron chi connectivity index (χ4n) is 5.78. The Morgan fingerprint density at radius 2 is 1.95 bits per heavy atom. The van der Waals surface area contributed by atoms with E-state index in [-0.39, 0.29) is 30.3 Å². The van der Waals surface area contributed by atoms with Gasteiger partial charge in [0.1, 0.15) is 17.4 Å². The zero-order chi connectivity index (χ0) is 28.4. The molecule has 5 rings (SSSR count). The number of nitrogens with zero attached hydrogens (tertiary/aromatic N) is 6. The number of nitrogens with one attached hydrogen (secondary N) is 1. The van der Waals surface area contributed by atoms with Crippen molar-refractivity contribution in [3.05, 3.63) is 54.1 Å². The summed E-state index contributed by atoms with van der Waals surface area (Å²) in [4.78, 5) is 44.6. The lowest BCUT2D eigenvalue weighted by atomic mass is 9.91. The number of anilines is 1. The molecule has 2 aliphatic rings. The number of imidazole rings is 1. The van der Waals surface area contributed by atoms with E-state index >= 15 is 0 Å². The van der Waals surface area contributed by atoms with Crippen molar-refractivity contribution in [3.63, 3.8) is 0 Å². The van der Waals surface area contributed by atoms with Crippen LogP contribution in [0.3, 0.4) is 0 Å². The molecule has 2 fully saturated rings. The van der Waals surface area contributed by atoms with Crippen LogP contribution in [0, 0.1) is 5.92 Å². The van der Waals surface area contributed by atoms with Gasteiger partial charge in [0.25, 0.3) is 11.8 Å². The lowest BCUT2D eigenvalue weighted by molar-refractivity contribution is -0.135. The molecule has 0 aromatic carbocycles. The third kappa shape index (κ3) is 5.53. The Hall–Kier alpha value is -3.93. The molecule has 0 saturated carbocycles. The fraction of sp³-hybridized carbons (Fsp3) is 0.536.